The third kappa shape index (κ3) is 5.41. The number of benzene rings is 2. The summed E-state index contributed by atoms with van der Waals surface area (Å²) in [6.45, 7) is 5.98. The largest absolute Gasteiger partial charge is 0.496 e. The van der Waals surface area contributed by atoms with Crippen LogP contribution in [0.5, 0.6) is 11.5 Å². The summed E-state index contributed by atoms with van der Waals surface area (Å²) in [6, 6.07) is 15.8. The maximum absolute atomic E-state index is 14.1. The molecule has 224 valence electrons. The molecule has 2 aromatic heterocycles. The van der Waals surface area contributed by atoms with E-state index < -0.39 is 0 Å². The predicted octanol–water partition coefficient (Wildman–Crippen LogP) is 5.26. The minimum absolute atomic E-state index is 0.0946. The minimum atomic E-state index is -0.217. The number of thiophene rings is 1. The van der Waals surface area contributed by atoms with Crippen LogP contribution < -0.4 is 14.4 Å². The number of ether oxygens (including phenoxy) is 3. The van der Waals surface area contributed by atoms with Crippen molar-refractivity contribution in [1.82, 2.24) is 14.7 Å². The second kappa shape index (κ2) is 12.4. The molecule has 0 saturated carbocycles. The standard InChI is InChI=1S/C32H34N4O5S2/c1-20-8-5-9-22(21(20)2)36-32-29(30(33-36)28-23(39-3)10-6-11-24(28)40-4)31(25-12-7-17-42-25)43-19-27(38)35(32)18-26(37)34-13-15-41-16-14-34/h5-12,17,31H,13-16,18-19H2,1-4H3/t31-/m0/s1. The summed E-state index contributed by atoms with van der Waals surface area (Å²) < 4.78 is 19.0. The number of morpholine rings is 1. The molecule has 9 nitrogen and oxygen atoms in total. The van der Waals surface area contributed by atoms with E-state index in [-0.39, 0.29) is 29.4 Å². The lowest BCUT2D eigenvalue weighted by Gasteiger charge is -2.30. The Kier molecular flexibility index (Phi) is 8.47. The fraction of sp³-hybridized carbons (Fsp3) is 0.344. The summed E-state index contributed by atoms with van der Waals surface area (Å²) >= 11 is 3.19. The average molecular weight is 619 g/mol. The number of nitrogens with zero attached hydrogens (tertiary/aromatic N) is 4. The molecule has 0 radical (unpaired) electrons. The van der Waals surface area contributed by atoms with E-state index in [1.165, 1.54) is 0 Å². The lowest BCUT2D eigenvalue weighted by Crippen LogP contribution is -2.48. The first-order valence-corrected chi connectivity index (χ1v) is 16.1. The molecule has 4 aromatic rings. The van der Waals surface area contributed by atoms with Crippen molar-refractivity contribution in [3.8, 4) is 28.4 Å². The minimum Gasteiger partial charge on any atom is -0.496 e. The Bertz CT molecular complexity index is 1620. The van der Waals surface area contributed by atoms with Gasteiger partial charge in [-0.25, -0.2) is 4.68 Å². The van der Waals surface area contributed by atoms with Crippen LogP contribution in [0, 0.1) is 13.8 Å². The number of carbonyl (C=O) groups excluding carboxylic acids is 2. The van der Waals surface area contributed by atoms with E-state index in [1.54, 1.807) is 47.1 Å². The van der Waals surface area contributed by atoms with Gasteiger partial charge in [-0.2, -0.15) is 5.10 Å². The van der Waals surface area contributed by atoms with Crippen molar-refractivity contribution in [2.75, 3.05) is 57.7 Å². The fourth-order valence-corrected chi connectivity index (χ4v) is 7.81. The molecule has 0 aliphatic carbocycles. The Morgan fingerprint density at radius 1 is 1.02 bits per heavy atom. The quantitative estimate of drug-likeness (QED) is 0.279. The number of thioether (sulfide) groups is 1. The zero-order valence-corrected chi connectivity index (χ0v) is 26.3. The number of anilines is 1. The zero-order chi connectivity index (χ0) is 30.1. The van der Waals surface area contributed by atoms with E-state index in [0.29, 0.717) is 54.9 Å². The smallest absolute Gasteiger partial charge is 0.242 e. The first-order valence-electron chi connectivity index (χ1n) is 14.1. The lowest BCUT2D eigenvalue weighted by molar-refractivity contribution is -0.134. The second-order valence-electron chi connectivity index (χ2n) is 10.4. The molecule has 1 saturated heterocycles. The van der Waals surface area contributed by atoms with Gasteiger partial charge in [0, 0.05) is 23.5 Å². The van der Waals surface area contributed by atoms with Crippen LogP contribution in [0.3, 0.4) is 0 Å². The highest BCUT2D eigenvalue weighted by molar-refractivity contribution is 8.00. The van der Waals surface area contributed by atoms with E-state index >= 15 is 0 Å². The summed E-state index contributed by atoms with van der Waals surface area (Å²) in [5.41, 5.74) is 5.15. The van der Waals surface area contributed by atoms with Crippen LogP contribution >= 0.6 is 23.1 Å². The van der Waals surface area contributed by atoms with Gasteiger partial charge in [0.15, 0.2) is 0 Å². The molecule has 1 atom stereocenters. The molecule has 43 heavy (non-hydrogen) atoms. The normalized spacial score (nSPS) is 17.0. The highest BCUT2D eigenvalue weighted by atomic mass is 32.2. The Hall–Kier alpha value is -3.80. The Morgan fingerprint density at radius 2 is 1.74 bits per heavy atom. The molecule has 0 spiro atoms. The molecule has 2 aliphatic rings. The number of rotatable bonds is 7. The summed E-state index contributed by atoms with van der Waals surface area (Å²) in [5, 5.41) is 7.09. The molecule has 0 bridgehead atoms. The van der Waals surface area contributed by atoms with E-state index in [0.717, 1.165) is 27.3 Å². The third-order valence-electron chi connectivity index (χ3n) is 8.02. The third-order valence-corrected chi connectivity index (χ3v) is 10.3. The number of hydrogen-bond donors (Lipinski definition) is 0. The number of carbonyl (C=O) groups is 2. The summed E-state index contributed by atoms with van der Waals surface area (Å²) in [5.74, 6) is 1.75. The summed E-state index contributed by atoms with van der Waals surface area (Å²) in [4.78, 5) is 32.3. The highest BCUT2D eigenvalue weighted by Gasteiger charge is 2.40. The van der Waals surface area contributed by atoms with Crippen molar-refractivity contribution in [2.45, 2.75) is 19.1 Å². The zero-order valence-electron chi connectivity index (χ0n) is 24.7. The van der Waals surface area contributed by atoms with Crippen LogP contribution in [0.25, 0.3) is 16.9 Å². The molecule has 11 heteroatoms. The van der Waals surface area contributed by atoms with E-state index in [9.17, 15) is 9.59 Å². The first-order chi connectivity index (χ1) is 20.9. The van der Waals surface area contributed by atoms with Crippen molar-refractivity contribution >= 4 is 40.7 Å². The van der Waals surface area contributed by atoms with Gasteiger partial charge < -0.3 is 19.1 Å². The Balaban J connectivity index is 1.66. The van der Waals surface area contributed by atoms with Crippen LogP contribution in [0.15, 0.2) is 53.9 Å². The highest BCUT2D eigenvalue weighted by Crippen LogP contribution is 2.52. The van der Waals surface area contributed by atoms with Crippen LogP contribution in [0.4, 0.5) is 5.82 Å². The van der Waals surface area contributed by atoms with Crippen LogP contribution in [0.1, 0.15) is 26.8 Å². The molecule has 1 fully saturated rings. The van der Waals surface area contributed by atoms with Gasteiger partial charge >= 0.3 is 0 Å². The number of aromatic nitrogens is 2. The van der Waals surface area contributed by atoms with Crippen molar-refractivity contribution in [2.24, 2.45) is 0 Å². The van der Waals surface area contributed by atoms with Gasteiger partial charge in [0.1, 0.15) is 29.6 Å². The van der Waals surface area contributed by atoms with Gasteiger partial charge in [-0.3, -0.25) is 14.5 Å². The molecule has 2 amide bonds. The van der Waals surface area contributed by atoms with E-state index in [4.69, 9.17) is 19.3 Å². The molecule has 2 aromatic carbocycles. The Labute approximate surface area is 259 Å². The number of amides is 2. The van der Waals surface area contributed by atoms with Gasteiger partial charge in [0.25, 0.3) is 0 Å². The molecule has 0 N–H and O–H groups in total. The van der Waals surface area contributed by atoms with Crippen LogP contribution in [-0.4, -0.2) is 79.3 Å². The van der Waals surface area contributed by atoms with E-state index in [1.807, 2.05) is 46.5 Å². The monoisotopic (exact) mass is 618 g/mol. The Morgan fingerprint density at radius 3 is 2.42 bits per heavy atom. The average Bonchev–Trinajstić information content (AvgIpc) is 3.67. The molecule has 4 heterocycles. The van der Waals surface area contributed by atoms with Gasteiger partial charge in [-0.15, -0.1) is 23.1 Å². The van der Waals surface area contributed by atoms with Crippen LogP contribution in [0.2, 0.25) is 0 Å². The van der Waals surface area contributed by atoms with Crippen molar-refractivity contribution in [1.29, 1.82) is 0 Å². The van der Waals surface area contributed by atoms with Gasteiger partial charge in [0.05, 0.1) is 49.7 Å². The van der Waals surface area contributed by atoms with Gasteiger partial charge in [-0.05, 0) is 54.6 Å². The van der Waals surface area contributed by atoms with Gasteiger partial charge in [-0.1, -0.05) is 24.3 Å². The number of fused-ring (bicyclic) bond motifs is 1. The maximum Gasteiger partial charge on any atom is 0.242 e. The SMILES string of the molecule is COc1cccc(OC)c1-c1nn(-c2cccc(C)c2C)c2c1[C@H](c1cccs1)SCC(=O)N2CC(=O)N1CCOCC1. The van der Waals surface area contributed by atoms with Crippen molar-refractivity contribution in [3.63, 3.8) is 0 Å². The van der Waals surface area contributed by atoms with Gasteiger partial charge in [0.2, 0.25) is 11.8 Å². The number of aryl methyl sites for hydroxylation is 1. The van der Waals surface area contributed by atoms with E-state index in [2.05, 4.69) is 26.0 Å². The molecule has 6 rings (SSSR count). The maximum atomic E-state index is 14.1. The summed E-state index contributed by atoms with van der Waals surface area (Å²) in [7, 11) is 3.25. The fourth-order valence-electron chi connectivity index (χ4n) is 5.63. The lowest BCUT2D eigenvalue weighted by atomic mass is 10.0. The summed E-state index contributed by atoms with van der Waals surface area (Å²) in [6.07, 6.45) is 0. The molecular formula is C32H34N4O5S2. The first kappa shape index (κ1) is 29.3. The molecule has 2 aliphatic heterocycles. The van der Waals surface area contributed by atoms with Crippen molar-refractivity contribution < 1.29 is 23.8 Å². The number of methoxy groups -OCH3 is 2. The second-order valence-corrected chi connectivity index (χ2v) is 12.5. The molecule has 0 unspecified atom stereocenters. The topological polar surface area (TPSA) is 86.1 Å². The van der Waals surface area contributed by atoms with Crippen LogP contribution in [-0.2, 0) is 14.3 Å². The number of hydrogen-bond acceptors (Lipinski definition) is 8. The predicted molar refractivity (Wildman–Crippen MR) is 170 cm³/mol. The van der Waals surface area contributed by atoms with Crippen molar-refractivity contribution in [3.05, 3.63) is 75.5 Å². The molecular weight excluding hydrogens is 585 g/mol.